The van der Waals surface area contributed by atoms with Crippen LogP contribution in [0, 0.1) is 23.3 Å². The van der Waals surface area contributed by atoms with Crippen molar-refractivity contribution in [1.82, 2.24) is 0 Å². The van der Waals surface area contributed by atoms with Crippen LogP contribution in [0.4, 0.5) is 23.2 Å². The van der Waals surface area contributed by atoms with Crippen LogP contribution in [-0.2, 0) is 4.74 Å². The quantitative estimate of drug-likeness (QED) is 0.108. The Hall–Kier alpha value is -2.70. The van der Waals surface area contributed by atoms with Crippen LogP contribution >= 0.6 is 22.6 Å². The van der Waals surface area contributed by atoms with E-state index in [-0.39, 0.29) is 17.9 Å². The van der Waals surface area contributed by atoms with E-state index in [2.05, 4.69) is 22.6 Å². The third-order valence-electron chi connectivity index (χ3n) is 3.60. The summed E-state index contributed by atoms with van der Waals surface area (Å²) in [7, 11) is 0. The Kier molecular flexibility index (Phi) is 7.53. The molecule has 154 valence electrons. The number of carbonyl (C=O) groups excluding carboxylic acids is 2. The van der Waals surface area contributed by atoms with Gasteiger partial charge in [0.15, 0.2) is 23.3 Å². The summed E-state index contributed by atoms with van der Waals surface area (Å²) >= 11 is 2.12. The Morgan fingerprint density at radius 2 is 1.48 bits per heavy atom. The largest absolute Gasteiger partial charge is 0.478 e. The van der Waals surface area contributed by atoms with Crippen LogP contribution in [0.3, 0.4) is 0 Å². The molecule has 0 unspecified atom stereocenters. The number of halogens is 5. The summed E-state index contributed by atoms with van der Waals surface area (Å²) in [6, 6.07) is 4.95. The first-order valence-corrected chi connectivity index (χ1v) is 9.45. The van der Waals surface area contributed by atoms with Crippen molar-refractivity contribution in [2.45, 2.75) is 6.42 Å². The summed E-state index contributed by atoms with van der Waals surface area (Å²) in [4.78, 5) is 35.1. The van der Waals surface area contributed by atoms with E-state index in [9.17, 15) is 31.9 Å². The molecule has 0 spiro atoms. The topological polar surface area (TPSA) is 92.7 Å². The van der Waals surface area contributed by atoms with E-state index >= 15 is 0 Å². The van der Waals surface area contributed by atoms with Crippen LogP contribution in [0.25, 0.3) is 0 Å². The Morgan fingerprint density at radius 1 is 0.931 bits per heavy atom. The molecule has 6 nitrogen and oxygen atoms in total. The summed E-state index contributed by atoms with van der Waals surface area (Å²) in [6.07, 6.45) is 0.669. The average molecular weight is 525 g/mol. The summed E-state index contributed by atoms with van der Waals surface area (Å²) in [5.74, 6) is -13.3. The van der Waals surface area contributed by atoms with Gasteiger partial charge in [-0.3, -0.25) is 4.79 Å². The van der Waals surface area contributed by atoms with Gasteiger partial charge in [0.2, 0.25) is 0 Å². The van der Waals surface area contributed by atoms with Crippen LogP contribution < -0.4 is 5.32 Å². The zero-order valence-electron chi connectivity index (χ0n) is 14.4. The highest BCUT2D eigenvalue weighted by Gasteiger charge is 2.32. The molecule has 29 heavy (non-hydrogen) atoms. The zero-order chi connectivity index (χ0) is 21.7. The first-order valence-electron chi connectivity index (χ1n) is 7.92. The molecule has 2 aromatic rings. The van der Waals surface area contributed by atoms with Gasteiger partial charge < -0.3 is 15.2 Å². The number of aromatic carboxylic acids is 1. The number of rotatable bonds is 7. The van der Waals surface area contributed by atoms with Crippen molar-refractivity contribution in [3.63, 3.8) is 0 Å². The minimum atomic E-state index is -2.35. The molecule has 0 heterocycles. The fourth-order valence-corrected chi connectivity index (χ4v) is 2.54. The molecule has 11 heteroatoms. The Labute approximate surface area is 175 Å². The summed E-state index contributed by atoms with van der Waals surface area (Å²) in [5, 5.41) is 11.0. The molecule has 0 fully saturated rings. The van der Waals surface area contributed by atoms with Crippen LogP contribution in [0.5, 0.6) is 0 Å². The van der Waals surface area contributed by atoms with Crippen molar-refractivity contribution < 1.29 is 41.8 Å². The maximum absolute atomic E-state index is 14.0. The fraction of sp³-hybridized carbons (Fsp3) is 0.167. The highest BCUT2D eigenvalue weighted by Crippen LogP contribution is 2.25. The van der Waals surface area contributed by atoms with Crippen molar-refractivity contribution >= 4 is 46.1 Å². The normalized spacial score (nSPS) is 10.5. The Balaban J connectivity index is 2.27. The first-order chi connectivity index (χ1) is 13.7. The Morgan fingerprint density at radius 3 is 2.00 bits per heavy atom. The lowest BCUT2D eigenvalue weighted by atomic mass is 10.0. The van der Waals surface area contributed by atoms with Gasteiger partial charge in [0, 0.05) is 10.1 Å². The number of esters is 1. The molecule has 0 saturated heterocycles. The number of benzene rings is 2. The lowest BCUT2D eigenvalue weighted by Gasteiger charge is -2.11. The third-order valence-corrected chi connectivity index (χ3v) is 4.36. The number of carbonyl (C=O) groups is 3. The van der Waals surface area contributed by atoms with E-state index < -0.39 is 52.2 Å². The second kappa shape index (κ2) is 9.67. The van der Waals surface area contributed by atoms with Gasteiger partial charge in [-0.1, -0.05) is 22.6 Å². The standard InChI is InChI=1S/C18H12F4INO5/c19-12-10(11(17(26)27)13(20)15(22)14(12)21)16(25)24-9-4-2-8(3-5-9)18(28)29-7-1-6-23/h2-5H,1,6-7H2,(H,24,25)(H,26,27). The molecule has 0 aliphatic carbocycles. The van der Waals surface area contributed by atoms with Gasteiger partial charge in [0.25, 0.3) is 5.91 Å². The van der Waals surface area contributed by atoms with Crippen molar-refractivity contribution in [3.8, 4) is 0 Å². The van der Waals surface area contributed by atoms with Crippen LogP contribution in [0.1, 0.15) is 37.5 Å². The highest BCUT2D eigenvalue weighted by atomic mass is 127. The molecule has 0 aliphatic heterocycles. The molecule has 2 rings (SSSR count). The van der Waals surface area contributed by atoms with Gasteiger partial charge >= 0.3 is 11.9 Å². The minimum absolute atomic E-state index is 0.0420. The van der Waals surface area contributed by atoms with Gasteiger partial charge in [-0.05, 0) is 30.7 Å². The van der Waals surface area contributed by atoms with E-state index in [1.807, 2.05) is 5.32 Å². The van der Waals surface area contributed by atoms with Crippen molar-refractivity contribution in [1.29, 1.82) is 0 Å². The summed E-state index contributed by atoms with van der Waals surface area (Å²) in [6.45, 7) is 0.221. The van der Waals surface area contributed by atoms with Crippen LogP contribution in [0.15, 0.2) is 24.3 Å². The number of carboxylic acid groups (broad SMARTS) is 1. The molecular weight excluding hydrogens is 513 g/mol. The van der Waals surface area contributed by atoms with E-state index in [0.717, 1.165) is 4.43 Å². The van der Waals surface area contributed by atoms with E-state index in [4.69, 9.17) is 9.84 Å². The highest BCUT2D eigenvalue weighted by molar-refractivity contribution is 14.1. The molecule has 0 saturated carbocycles. The number of carboxylic acids is 1. The maximum Gasteiger partial charge on any atom is 0.339 e. The molecule has 0 atom stereocenters. The van der Waals surface area contributed by atoms with Gasteiger partial charge in [-0.2, -0.15) is 0 Å². The number of nitrogens with one attached hydrogen (secondary N) is 1. The number of hydrogen-bond acceptors (Lipinski definition) is 4. The molecule has 2 N–H and O–H groups in total. The summed E-state index contributed by atoms with van der Waals surface area (Å²) in [5.41, 5.74) is -3.04. The second-order valence-electron chi connectivity index (χ2n) is 5.52. The Bertz CT molecular complexity index is 966. The van der Waals surface area contributed by atoms with Gasteiger partial charge in [-0.15, -0.1) is 0 Å². The van der Waals surface area contributed by atoms with E-state index in [1.165, 1.54) is 24.3 Å². The fourth-order valence-electron chi connectivity index (χ4n) is 2.23. The van der Waals surface area contributed by atoms with Crippen molar-refractivity contribution in [2.75, 3.05) is 16.4 Å². The number of alkyl halides is 1. The average Bonchev–Trinajstić information content (AvgIpc) is 2.69. The second-order valence-corrected chi connectivity index (χ2v) is 6.60. The smallest absolute Gasteiger partial charge is 0.339 e. The lowest BCUT2D eigenvalue weighted by Crippen LogP contribution is -2.22. The SMILES string of the molecule is O=C(OCCCI)c1ccc(NC(=O)c2c(F)c(F)c(F)c(F)c2C(=O)O)cc1. The molecule has 0 aromatic heterocycles. The first kappa shape index (κ1) is 22.6. The zero-order valence-corrected chi connectivity index (χ0v) is 16.6. The third kappa shape index (κ3) is 5.02. The molecular formula is C18H12F4INO5. The van der Waals surface area contributed by atoms with Gasteiger partial charge in [-0.25, -0.2) is 27.2 Å². The molecule has 2 aromatic carbocycles. The number of amides is 1. The van der Waals surface area contributed by atoms with Gasteiger partial charge in [0.1, 0.15) is 5.56 Å². The van der Waals surface area contributed by atoms with E-state index in [1.54, 1.807) is 0 Å². The van der Waals surface area contributed by atoms with Crippen molar-refractivity contribution in [3.05, 3.63) is 64.2 Å². The molecule has 0 bridgehead atoms. The minimum Gasteiger partial charge on any atom is -0.478 e. The summed E-state index contributed by atoms with van der Waals surface area (Å²) < 4.78 is 60.2. The monoisotopic (exact) mass is 525 g/mol. The maximum atomic E-state index is 14.0. The molecule has 0 radical (unpaired) electrons. The molecule has 1 amide bonds. The lowest BCUT2D eigenvalue weighted by molar-refractivity contribution is 0.0506. The van der Waals surface area contributed by atoms with Crippen molar-refractivity contribution in [2.24, 2.45) is 0 Å². The van der Waals surface area contributed by atoms with Gasteiger partial charge in [0.05, 0.1) is 17.7 Å². The molecule has 0 aliphatic rings. The predicted molar refractivity (Wildman–Crippen MR) is 101 cm³/mol. The van der Waals surface area contributed by atoms with Crippen LogP contribution in [0.2, 0.25) is 0 Å². The number of hydrogen-bond donors (Lipinski definition) is 2. The number of ether oxygens (including phenoxy) is 1. The number of anilines is 1. The van der Waals surface area contributed by atoms with E-state index in [0.29, 0.717) is 6.42 Å². The van der Waals surface area contributed by atoms with Crippen LogP contribution in [-0.4, -0.2) is 34.0 Å². The predicted octanol–water partition coefficient (Wildman–Crippen LogP) is 4.18.